The second-order valence-electron chi connectivity index (χ2n) is 7.69. The largest absolute Gasteiger partial charge is 0.507 e. The molecule has 0 aromatic heterocycles. The predicted octanol–water partition coefficient (Wildman–Crippen LogP) is 4.93. The summed E-state index contributed by atoms with van der Waals surface area (Å²) in [6.07, 6.45) is 0. The van der Waals surface area contributed by atoms with Crippen molar-refractivity contribution in [2.75, 3.05) is 17.3 Å². The van der Waals surface area contributed by atoms with Crippen molar-refractivity contribution in [2.24, 2.45) is 0 Å². The van der Waals surface area contributed by atoms with Gasteiger partial charge in [-0.1, -0.05) is 41.9 Å². The Morgan fingerprint density at radius 2 is 1.76 bits per heavy atom. The highest BCUT2D eigenvalue weighted by Gasteiger charge is 2.47. The number of ketones is 1. The van der Waals surface area contributed by atoms with Gasteiger partial charge in [0.05, 0.1) is 18.7 Å². The molecule has 1 aliphatic rings. The molecule has 3 aromatic carbocycles. The number of ether oxygens (including phenoxy) is 1. The second kappa shape index (κ2) is 9.41. The summed E-state index contributed by atoms with van der Waals surface area (Å²) in [7, 11) is 1.51. The number of carbonyl (C=O) groups is 3. The Balaban J connectivity index is 1.94. The Hall–Kier alpha value is -4.10. The highest BCUT2D eigenvalue weighted by Crippen LogP contribution is 2.43. The van der Waals surface area contributed by atoms with Crippen molar-refractivity contribution >= 4 is 46.3 Å². The first-order valence-electron chi connectivity index (χ1n) is 10.4. The Bertz CT molecular complexity index is 1330. The van der Waals surface area contributed by atoms with Crippen molar-refractivity contribution in [1.29, 1.82) is 0 Å². The molecule has 8 heteroatoms. The van der Waals surface area contributed by atoms with E-state index in [1.165, 1.54) is 25.0 Å². The number of rotatable bonds is 5. The van der Waals surface area contributed by atoms with Crippen molar-refractivity contribution in [2.45, 2.75) is 13.0 Å². The standard InChI is InChI=1S/C26H21ClN2O5/c1-15(30)28-19-9-5-10-20(14-19)29-23(16-6-4-11-21(13-16)34-2)22(25(32)26(29)33)24(31)17-7-3-8-18(27)12-17/h3-14,23,31H,1-2H3,(H,28,30)/b24-22+. The topological polar surface area (TPSA) is 95.9 Å². The van der Waals surface area contributed by atoms with Gasteiger partial charge in [0.2, 0.25) is 5.91 Å². The fourth-order valence-electron chi connectivity index (χ4n) is 3.95. The first-order valence-corrected chi connectivity index (χ1v) is 10.8. The van der Waals surface area contributed by atoms with E-state index in [0.717, 1.165) is 0 Å². The summed E-state index contributed by atoms with van der Waals surface area (Å²) in [5.41, 5.74) is 1.64. The van der Waals surface area contributed by atoms with Crippen LogP contribution in [0.25, 0.3) is 5.76 Å². The van der Waals surface area contributed by atoms with Gasteiger partial charge < -0.3 is 15.2 Å². The average molecular weight is 477 g/mol. The molecule has 4 rings (SSSR count). The van der Waals surface area contributed by atoms with E-state index in [2.05, 4.69) is 5.32 Å². The van der Waals surface area contributed by atoms with Crippen LogP contribution >= 0.6 is 11.6 Å². The van der Waals surface area contributed by atoms with E-state index >= 15 is 0 Å². The molecule has 0 bridgehead atoms. The quantitative estimate of drug-likeness (QED) is 0.309. The molecular weight excluding hydrogens is 456 g/mol. The van der Waals surface area contributed by atoms with Gasteiger partial charge in [0.1, 0.15) is 11.5 Å². The third-order valence-electron chi connectivity index (χ3n) is 5.40. The number of nitrogens with zero attached hydrogens (tertiary/aromatic N) is 1. The van der Waals surface area contributed by atoms with Crippen LogP contribution in [0.15, 0.2) is 78.4 Å². The molecule has 2 amide bonds. The van der Waals surface area contributed by atoms with Gasteiger partial charge in [0.15, 0.2) is 0 Å². The van der Waals surface area contributed by atoms with Gasteiger partial charge in [-0.25, -0.2) is 0 Å². The van der Waals surface area contributed by atoms with Crippen LogP contribution in [-0.4, -0.2) is 29.8 Å². The van der Waals surface area contributed by atoms with Crippen LogP contribution in [-0.2, 0) is 14.4 Å². The zero-order valence-electron chi connectivity index (χ0n) is 18.4. The minimum absolute atomic E-state index is 0.0783. The lowest BCUT2D eigenvalue weighted by molar-refractivity contribution is -0.132. The van der Waals surface area contributed by atoms with Crippen molar-refractivity contribution in [3.63, 3.8) is 0 Å². The number of benzene rings is 3. The highest BCUT2D eigenvalue weighted by molar-refractivity contribution is 6.51. The van der Waals surface area contributed by atoms with Crippen molar-refractivity contribution in [3.8, 4) is 5.75 Å². The fourth-order valence-corrected chi connectivity index (χ4v) is 4.14. The number of hydrogen-bond donors (Lipinski definition) is 2. The van der Waals surface area contributed by atoms with Gasteiger partial charge in [-0.3, -0.25) is 19.3 Å². The second-order valence-corrected chi connectivity index (χ2v) is 8.12. The van der Waals surface area contributed by atoms with Crippen LogP contribution in [0.4, 0.5) is 11.4 Å². The van der Waals surface area contributed by atoms with Crippen LogP contribution < -0.4 is 15.0 Å². The number of Topliss-reactive ketones (excluding diaryl/α,β-unsaturated/α-hetero) is 1. The van der Waals surface area contributed by atoms with E-state index < -0.39 is 17.7 Å². The van der Waals surface area contributed by atoms with Crippen molar-refractivity contribution in [1.82, 2.24) is 0 Å². The van der Waals surface area contributed by atoms with E-state index in [9.17, 15) is 19.5 Å². The molecule has 3 aromatic rings. The maximum absolute atomic E-state index is 13.3. The van der Waals surface area contributed by atoms with Crippen LogP contribution in [0.5, 0.6) is 5.75 Å². The van der Waals surface area contributed by atoms with Crippen molar-refractivity contribution < 1.29 is 24.2 Å². The highest BCUT2D eigenvalue weighted by atomic mass is 35.5. The number of aliphatic hydroxyl groups is 1. The molecule has 1 unspecified atom stereocenters. The van der Waals surface area contributed by atoms with E-state index in [1.807, 2.05) is 0 Å². The minimum atomic E-state index is -0.943. The Morgan fingerprint density at radius 3 is 2.47 bits per heavy atom. The SMILES string of the molecule is COc1cccc(C2/C(=C(\O)c3cccc(Cl)c3)C(=O)C(=O)N2c2cccc(NC(C)=O)c2)c1. The first kappa shape index (κ1) is 23.1. The molecule has 0 aliphatic carbocycles. The first-order chi connectivity index (χ1) is 16.3. The van der Waals surface area contributed by atoms with Crippen LogP contribution in [0, 0.1) is 0 Å². The summed E-state index contributed by atoms with van der Waals surface area (Å²) in [6, 6.07) is 19.0. The molecule has 0 spiro atoms. The number of hydrogen-bond acceptors (Lipinski definition) is 5. The van der Waals surface area contributed by atoms with Gasteiger partial charge in [-0.05, 0) is 48.0 Å². The Labute approximate surface area is 201 Å². The third kappa shape index (κ3) is 4.38. The van der Waals surface area contributed by atoms with Crippen molar-refractivity contribution in [3.05, 3.63) is 94.5 Å². The zero-order valence-corrected chi connectivity index (χ0v) is 19.2. The van der Waals surface area contributed by atoms with Gasteiger partial charge in [-0.15, -0.1) is 0 Å². The maximum Gasteiger partial charge on any atom is 0.300 e. The monoisotopic (exact) mass is 476 g/mol. The predicted molar refractivity (Wildman–Crippen MR) is 130 cm³/mol. The van der Waals surface area contributed by atoms with Gasteiger partial charge >= 0.3 is 0 Å². The summed E-state index contributed by atoms with van der Waals surface area (Å²) >= 11 is 6.09. The Morgan fingerprint density at radius 1 is 1.03 bits per heavy atom. The molecule has 0 radical (unpaired) electrons. The molecule has 1 fully saturated rings. The molecule has 1 heterocycles. The van der Waals surface area contributed by atoms with Gasteiger partial charge in [-0.2, -0.15) is 0 Å². The molecule has 34 heavy (non-hydrogen) atoms. The van der Waals surface area contributed by atoms with Gasteiger partial charge in [0.25, 0.3) is 11.7 Å². The third-order valence-corrected chi connectivity index (χ3v) is 5.63. The van der Waals surface area contributed by atoms with E-state index in [1.54, 1.807) is 66.7 Å². The smallest absolute Gasteiger partial charge is 0.300 e. The summed E-state index contributed by atoms with van der Waals surface area (Å²) in [5, 5.41) is 14.2. The van der Waals surface area contributed by atoms with Gasteiger partial charge in [0, 0.05) is 28.9 Å². The minimum Gasteiger partial charge on any atom is -0.507 e. The van der Waals surface area contributed by atoms with Crippen LogP contribution in [0.2, 0.25) is 5.02 Å². The number of carbonyl (C=O) groups excluding carboxylic acids is 3. The maximum atomic E-state index is 13.3. The molecule has 2 N–H and O–H groups in total. The molecule has 172 valence electrons. The zero-order chi connectivity index (χ0) is 24.4. The molecule has 1 atom stereocenters. The normalized spacial score (nSPS) is 17.0. The number of anilines is 2. The molecule has 0 saturated carbocycles. The molecule has 1 aliphatic heterocycles. The van der Waals surface area contributed by atoms with Crippen LogP contribution in [0.3, 0.4) is 0 Å². The summed E-state index contributed by atoms with van der Waals surface area (Å²) in [4.78, 5) is 39.4. The number of methoxy groups -OCH3 is 1. The summed E-state index contributed by atoms with van der Waals surface area (Å²) in [6.45, 7) is 1.38. The van der Waals surface area contributed by atoms with Crippen LogP contribution in [0.1, 0.15) is 24.1 Å². The van der Waals surface area contributed by atoms with E-state index in [0.29, 0.717) is 33.3 Å². The lowest BCUT2D eigenvalue weighted by Crippen LogP contribution is -2.29. The summed E-state index contributed by atoms with van der Waals surface area (Å²) in [5.74, 6) is -1.73. The van der Waals surface area contributed by atoms with E-state index in [4.69, 9.17) is 16.3 Å². The lowest BCUT2D eigenvalue weighted by Gasteiger charge is -2.26. The molecular formula is C26H21ClN2O5. The Kier molecular flexibility index (Phi) is 6.38. The molecule has 1 saturated heterocycles. The average Bonchev–Trinajstić information content (AvgIpc) is 3.09. The fraction of sp³-hybridized carbons (Fsp3) is 0.115. The number of amides is 2. The molecule has 7 nitrogen and oxygen atoms in total. The number of nitrogens with one attached hydrogen (secondary N) is 1. The number of halogens is 1. The number of aliphatic hydroxyl groups excluding tert-OH is 1. The lowest BCUT2D eigenvalue weighted by atomic mass is 9.95. The van der Waals surface area contributed by atoms with E-state index in [-0.39, 0.29) is 17.2 Å². The summed E-state index contributed by atoms with van der Waals surface area (Å²) < 4.78 is 5.34.